The molecule has 0 saturated carbocycles. The van der Waals surface area contributed by atoms with Crippen LogP contribution in [0.4, 0.5) is 5.69 Å². The summed E-state index contributed by atoms with van der Waals surface area (Å²) in [4.78, 5) is 17.5. The van der Waals surface area contributed by atoms with E-state index in [-0.39, 0.29) is 17.9 Å². The Balaban J connectivity index is 1.49. The Labute approximate surface area is 180 Å². The van der Waals surface area contributed by atoms with Crippen molar-refractivity contribution in [2.75, 3.05) is 19.0 Å². The summed E-state index contributed by atoms with van der Waals surface area (Å²) in [6, 6.07) is 19.8. The summed E-state index contributed by atoms with van der Waals surface area (Å²) in [5.41, 5.74) is 3.09. The van der Waals surface area contributed by atoms with Gasteiger partial charge in [-0.05, 0) is 42.1 Å². The standard InChI is InChI=1S/C24H25N3O2S/c1-16(24(28)27-21-10-5-6-11-22(21)29-2)25-15-19(23-12-7-13-30-23)18-14-26-20-9-4-3-8-17(18)20/h3-14,16,19,25-26H,15H2,1-2H3,(H,27,28)/p+1/t16-,19-/m0/s1. The molecular weight excluding hydrogens is 394 g/mol. The molecule has 0 aliphatic rings. The summed E-state index contributed by atoms with van der Waals surface area (Å²) in [6.45, 7) is 2.72. The van der Waals surface area contributed by atoms with Gasteiger partial charge < -0.3 is 20.4 Å². The number of quaternary nitrogens is 1. The molecule has 1 amide bonds. The Morgan fingerprint density at radius 2 is 1.93 bits per heavy atom. The highest BCUT2D eigenvalue weighted by Crippen LogP contribution is 2.32. The number of hydrogen-bond acceptors (Lipinski definition) is 3. The van der Waals surface area contributed by atoms with Crippen molar-refractivity contribution in [1.82, 2.24) is 4.98 Å². The van der Waals surface area contributed by atoms with Gasteiger partial charge in [0.2, 0.25) is 0 Å². The monoisotopic (exact) mass is 420 g/mol. The van der Waals surface area contributed by atoms with Crippen molar-refractivity contribution in [3.05, 3.63) is 82.7 Å². The number of para-hydroxylation sites is 3. The summed E-state index contributed by atoms with van der Waals surface area (Å²) < 4.78 is 5.34. The first-order chi connectivity index (χ1) is 14.7. The molecule has 2 aromatic heterocycles. The number of rotatable bonds is 8. The predicted octanol–water partition coefficient (Wildman–Crippen LogP) is 3.96. The van der Waals surface area contributed by atoms with Crippen molar-refractivity contribution in [2.45, 2.75) is 18.9 Å². The molecule has 4 aromatic rings. The molecule has 0 radical (unpaired) electrons. The van der Waals surface area contributed by atoms with Gasteiger partial charge in [-0.1, -0.05) is 36.4 Å². The SMILES string of the molecule is COc1ccccc1NC(=O)[C@H](C)[NH2+]C[C@H](c1cccs1)c1c[nH]c2ccccc12. The normalized spacial score (nSPS) is 13.1. The van der Waals surface area contributed by atoms with Crippen LogP contribution in [0.25, 0.3) is 10.9 Å². The second kappa shape index (κ2) is 9.15. The van der Waals surface area contributed by atoms with Gasteiger partial charge in [0.15, 0.2) is 6.04 Å². The smallest absolute Gasteiger partial charge is 0.282 e. The molecule has 154 valence electrons. The summed E-state index contributed by atoms with van der Waals surface area (Å²) in [5.74, 6) is 0.833. The van der Waals surface area contributed by atoms with Crippen LogP contribution in [0.1, 0.15) is 23.3 Å². The van der Waals surface area contributed by atoms with E-state index in [0.29, 0.717) is 11.4 Å². The highest BCUT2D eigenvalue weighted by atomic mass is 32.1. The zero-order valence-corrected chi connectivity index (χ0v) is 17.9. The lowest BCUT2D eigenvalue weighted by Gasteiger charge is -2.18. The maximum atomic E-state index is 12.8. The second-order valence-corrected chi connectivity index (χ2v) is 8.29. The van der Waals surface area contributed by atoms with Crippen LogP contribution in [0.2, 0.25) is 0 Å². The molecule has 0 spiro atoms. The minimum Gasteiger partial charge on any atom is -0.495 e. The lowest BCUT2D eigenvalue weighted by molar-refractivity contribution is -0.674. The van der Waals surface area contributed by atoms with Crippen molar-refractivity contribution >= 4 is 33.8 Å². The molecule has 2 atom stereocenters. The maximum absolute atomic E-state index is 12.8. The first-order valence-corrected chi connectivity index (χ1v) is 10.9. The molecule has 0 bridgehead atoms. The largest absolute Gasteiger partial charge is 0.495 e. The van der Waals surface area contributed by atoms with E-state index in [1.165, 1.54) is 15.8 Å². The number of amides is 1. The first-order valence-electron chi connectivity index (χ1n) is 10.0. The number of nitrogens with one attached hydrogen (secondary N) is 2. The molecule has 6 heteroatoms. The van der Waals surface area contributed by atoms with Gasteiger partial charge in [0, 0.05) is 22.0 Å². The fraction of sp³-hybridized carbons (Fsp3) is 0.208. The fourth-order valence-corrected chi connectivity index (χ4v) is 4.57. The molecule has 0 unspecified atom stereocenters. The van der Waals surface area contributed by atoms with Gasteiger partial charge in [0.25, 0.3) is 5.91 Å². The third-order valence-corrected chi connectivity index (χ3v) is 6.37. The Morgan fingerprint density at radius 1 is 1.13 bits per heavy atom. The number of carbonyl (C=O) groups excluding carboxylic acids is 1. The number of ether oxygens (including phenoxy) is 1. The van der Waals surface area contributed by atoms with Gasteiger partial charge in [-0.15, -0.1) is 11.3 Å². The third kappa shape index (κ3) is 4.25. The van der Waals surface area contributed by atoms with Gasteiger partial charge in [0.1, 0.15) is 5.75 Å². The lowest BCUT2D eigenvalue weighted by Crippen LogP contribution is -2.92. The molecule has 0 aliphatic carbocycles. The zero-order valence-electron chi connectivity index (χ0n) is 17.1. The quantitative estimate of drug-likeness (QED) is 0.404. The number of fused-ring (bicyclic) bond motifs is 1. The van der Waals surface area contributed by atoms with E-state index in [1.807, 2.05) is 37.3 Å². The summed E-state index contributed by atoms with van der Waals surface area (Å²) in [5, 5.41) is 8.43. The Kier molecular flexibility index (Phi) is 6.16. The number of nitrogens with two attached hydrogens (primary N) is 1. The summed E-state index contributed by atoms with van der Waals surface area (Å²) >= 11 is 1.75. The molecule has 4 rings (SSSR count). The van der Waals surface area contributed by atoms with Gasteiger partial charge >= 0.3 is 0 Å². The summed E-state index contributed by atoms with van der Waals surface area (Å²) in [6.07, 6.45) is 2.10. The highest BCUT2D eigenvalue weighted by Gasteiger charge is 2.24. The molecule has 0 saturated heterocycles. The van der Waals surface area contributed by atoms with Crippen LogP contribution >= 0.6 is 11.3 Å². The number of aromatic nitrogens is 1. The van der Waals surface area contributed by atoms with Crippen molar-refractivity contribution in [3.63, 3.8) is 0 Å². The molecule has 0 fully saturated rings. The Morgan fingerprint density at radius 3 is 2.73 bits per heavy atom. The van der Waals surface area contributed by atoms with Crippen LogP contribution in [-0.4, -0.2) is 30.6 Å². The van der Waals surface area contributed by atoms with Crippen LogP contribution in [0.15, 0.2) is 72.2 Å². The van der Waals surface area contributed by atoms with Crippen LogP contribution in [-0.2, 0) is 4.79 Å². The molecule has 2 heterocycles. The number of hydrogen-bond donors (Lipinski definition) is 3. The molecule has 2 aromatic carbocycles. The second-order valence-electron chi connectivity index (χ2n) is 7.31. The van der Waals surface area contributed by atoms with Gasteiger partial charge in [-0.3, -0.25) is 4.79 Å². The van der Waals surface area contributed by atoms with Crippen molar-refractivity contribution in [3.8, 4) is 5.75 Å². The van der Waals surface area contributed by atoms with E-state index in [0.717, 1.165) is 12.1 Å². The number of methoxy groups -OCH3 is 1. The molecule has 0 aliphatic heterocycles. The van der Waals surface area contributed by atoms with Gasteiger partial charge in [0.05, 0.1) is 25.3 Å². The molecule has 30 heavy (non-hydrogen) atoms. The third-order valence-electron chi connectivity index (χ3n) is 5.39. The minimum atomic E-state index is -0.234. The van der Waals surface area contributed by atoms with E-state index in [2.05, 4.69) is 57.5 Å². The van der Waals surface area contributed by atoms with Crippen LogP contribution in [0.5, 0.6) is 5.75 Å². The van der Waals surface area contributed by atoms with E-state index in [4.69, 9.17) is 4.74 Å². The van der Waals surface area contributed by atoms with E-state index in [9.17, 15) is 4.79 Å². The van der Waals surface area contributed by atoms with Gasteiger partial charge in [-0.2, -0.15) is 0 Å². The highest BCUT2D eigenvalue weighted by molar-refractivity contribution is 7.10. The number of anilines is 1. The minimum absolute atomic E-state index is 0.0386. The van der Waals surface area contributed by atoms with Crippen LogP contribution in [0.3, 0.4) is 0 Å². The first kappa shape index (κ1) is 20.2. The lowest BCUT2D eigenvalue weighted by atomic mass is 9.96. The van der Waals surface area contributed by atoms with Crippen LogP contribution < -0.4 is 15.4 Å². The average molecular weight is 421 g/mol. The number of H-pyrrole nitrogens is 1. The number of aromatic amines is 1. The van der Waals surface area contributed by atoms with Crippen molar-refractivity contribution in [1.29, 1.82) is 0 Å². The van der Waals surface area contributed by atoms with Gasteiger partial charge in [-0.25, -0.2) is 0 Å². The van der Waals surface area contributed by atoms with Crippen molar-refractivity contribution in [2.24, 2.45) is 0 Å². The van der Waals surface area contributed by atoms with E-state index in [1.54, 1.807) is 18.4 Å². The van der Waals surface area contributed by atoms with E-state index >= 15 is 0 Å². The topological polar surface area (TPSA) is 70.7 Å². The predicted molar refractivity (Wildman–Crippen MR) is 122 cm³/mol. The average Bonchev–Trinajstić information content (AvgIpc) is 3.45. The number of carbonyl (C=O) groups is 1. The molecule has 4 N–H and O–H groups in total. The van der Waals surface area contributed by atoms with Crippen molar-refractivity contribution < 1.29 is 14.8 Å². The Bertz CT molecular complexity index is 1120. The van der Waals surface area contributed by atoms with Crippen LogP contribution in [0, 0.1) is 0 Å². The maximum Gasteiger partial charge on any atom is 0.282 e. The fourth-order valence-electron chi connectivity index (χ4n) is 3.71. The Hall–Kier alpha value is -3.09. The van der Waals surface area contributed by atoms with E-state index < -0.39 is 0 Å². The number of thiophene rings is 1. The molecular formula is C24H26N3O2S+. The summed E-state index contributed by atoms with van der Waals surface area (Å²) in [7, 11) is 1.60. The zero-order chi connectivity index (χ0) is 20.9. The molecule has 5 nitrogen and oxygen atoms in total. The number of benzene rings is 2.